The Morgan fingerprint density at radius 3 is 2.36 bits per heavy atom. The second-order valence-electron chi connectivity index (χ2n) is 2.36. The van der Waals surface area contributed by atoms with Crippen molar-refractivity contribution in [2.24, 2.45) is 0 Å². The van der Waals surface area contributed by atoms with Crippen molar-refractivity contribution >= 4 is 19.7 Å². The maximum atomic E-state index is 13.0. The lowest BCUT2D eigenvalue weighted by atomic mass is 10.3. The highest BCUT2D eigenvalue weighted by Gasteiger charge is 2.23. The summed E-state index contributed by atoms with van der Waals surface area (Å²) in [6.07, 6.45) is 0. The van der Waals surface area contributed by atoms with Crippen LogP contribution < -0.4 is 4.74 Å². The van der Waals surface area contributed by atoms with E-state index in [1.807, 2.05) is 0 Å². The molecule has 0 aliphatic rings. The number of benzene rings is 1. The van der Waals surface area contributed by atoms with E-state index in [4.69, 9.17) is 10.7 Å². The van der Waals surface area contributed by atoms with Gasteiger partial charge in [0, 0.05) is 22.8 Å². The molecular weight excluding hydrogens is 238 g/mol. The Hall–Kier alpha value is -0.880. The third-order valence-electron chi connectivity index (χ3n) is 1.44. The smallest absolute Gasteiger partial charge is 0.267 e. The summed E-state index contributed by atoms with van der Waals surface area (Å²) in [6, 6.07) is 1.15. The lowest BCUT2D eigenvalue weighted by molar-refractivity contribution is 0.390. The molecule has 0 bridgehead atoms. The third-order valence-corrected chi connectivity index (χ3v) is 2.78. The lowest BCUT2D eigenvalue weighted by Gasteiger charge is -2.06. The number of hydrogen-bond acceptors (Lipinski definition) is 3. The van der Waals surface area contributed by atoms with Gasteiger partial charge in [-0.15, -0.1) is 0 Å². The largest absolute Gasteiger partial charge is 0.495 e. The second-order valence-corrected chi connectivity index (χ2v) is 4.86. The van der Waals surface area contributed by atoms with Gasteiger partial charge in [0.2, 0.25) is 0 Å². The number of hydrogen-bond donors (Lipinski definition) is 0. The molecule has 0 heterocycles. The Morgan fingerprint density at radius 1 is 1.36 bits per heavy atom. The molecule has 7 heteroatoms. The van der Waals surface area contributed by atoms with Gasteiger partial charge in [-0.3, -0.25) is 0 Å². The zero-order chi connectivity index (χ0) is 10.9. The first-order valence-electron chi connectivity index (χ1n) is 3.34. The minimum Gasteiger partial charge on any atom is -0.495 e. The van der Waals surface area contributed by atoms with Crippen molar-refractivity contribution in [2.75, 3.05) is 7.11 Å². The molecule has 0 radical (unpaired) electrons. The standard InChI is InChI=1S/C7H5ClF2O3S/c1-13-6-3-4(9)2-5(10)7(6)14(8,11)12/h2-3H,1H3. The van der Waals surface area contributed by atoms with E-state index in [-0.39, 0.29) is 0 Å². The van der Waals surface area contributed by atoms with Crippen molar-refractivity contribution in [3.05, 3.63) is 23.8 Å². The van der Waals surface area contributed by atoms with Gasteiger partial charge < -0.3 is 4.74 Å². The minimum absolute atomic E-state index is 0.414. The van der Waals surface area contributed by atoms with E-state index in [1.54, 1.807) is 0 Å². The fraction of sp³-hybridized carbons (Fsp3) is 0.143. The summed E-state index contributed by atoms with van der Waals surface area (Å²) in [7, 11) is 1.73. The minimum atomic E-state index is -4.29. The van der Waals surface area contributed by atoms with Gasteiger partial charge >= 0.3 is 0 Å². The Bertz CT molecular complexity index is 458. The highest BCUT2D eigenvalue weighted by molar-refractivity contribution is 8.13. The number of methoxy groups -OCH3 is 1. The molecule has 0 aliphatic heterocycles. The van der Waals surface area contributed by atoms with Crippen molar-refractivity contribution in [1.29, 1.82) is 0 Å². The van der Waals surface area contributed by atoms with E-state index in [0.29, 0.717) is 6.07 Å². The molecule has 3 nitrogen and oxygen atoms in total. The van der Waals surface area contributed by atoms with Crippen LogP contribution in [-0.2, 0) is 9.05 Å². The molecule has 0 atom stereocenters. The SMILES string of the molecule is COc1cc(F)cc(F)c1S(=O)(=O)Cl. The van der Waals surface area contributed by atoms with Gasteiger partial charge in [0.1, 0.15) is 17.4 Å². The molecule has 0 N–H and O–H groups in total. The topological polar surface area (TPSA) is 43.4 Å². The van der Waals surface area contributed by atoms with Gasteiger partial charge in [0.05, 0.1) is 7.11 Å². The summed E-state index contributed by atoms with van der Waals surface area (Å²) in [5.41, 5.74) is 0. The van der Waals surface area contributed by atoms with E-state index in [1.165, 1.54) is 0 Å². The van der Waals surface area contributed by atoms with Crippen LogP contribution in [0.1, 0.15) is 0 Å². The number of halogens is 3. The molecule has 0 saturated carbocycles. The van der Waals surface area contributed by atoms with Crippen molar-refractivity contribution in [2.45, 2.75) is 4.90 Å². The van der Waals surface area contributed by atoms with Crippen LogP contribution in [0.25, 0.3) is 0 Å². The van der Waals surface area contributed by atoms with Crippen LogP contribution in [0.3, 0.4) is 0 Å². The van der Waals surface area contributed by atoms with Crippen LogP contribution in [-0.4, -0.2) is 15.5 Å². The normalized spacial score (nSPS) is 11.4. The Kier molecular flexibility index (Phi) is 2.96. The molecule has 0 spiro atoms. The quantitative estimate of drug-likeness (QED) is 0.744. The molecule has 0 unspecified atom stereocenters. The summed E-state index contributed by atoms with van der Waals surface area (Å²) in [4.78, 5) is -0.858. The van der Waals surface area contributed by atoms with Gasteiger partial charge in [-0.2, -0.15) is 0 Å². The van der Waals surface area contributed by atoms with Crippen molar-refractivity contribution < 1.29 is 21.9 Å². The molecule has 1 aromatic carbocycles. The molecule has 1 rings (SSSR count). The van der Waals surface area contributed by atoms with Crippen LogP contribution in [0.4, 0.5) is 8.78 Å². The number of rotatable bonds is 2. The zero-order valence-electron chi connectivity index (χ0n) is 6.92. The van der Waals surface area contributed by atoms with E-state index < -0.39 is 31.3 Å². The van der Waals surface area contributed by atoms with E-state index >= 15 is 0 Å². The molecule has 0 fully saturated rings. The van der Waals surface area contributed by atoms with Gasteiger partial charge in [-0.05, 0) is 0 Å². The average molecular weight is 243 g/mol. The van der Waals surface area contributed by atoms with Crippen LogP contribution in [0.5, 0.6) is 5.75 Å². The maximum absolute atomic E-state index is 13.0. The molecule has 0 amide bonds. The molecule has 0 saturated heterocycles. The first-order valence-corrected chi connectivity index (χ1v) is 5.65. The van der Waals surface area contributed by atoms with Crippen LogP contribution >= 0.6 is 10.7 Å². The fourth-order valence-electron chi connectivity index (χ4n) is 0.925. The van der Waals surface area contributed by atoms with Gasteiger partial charge in [0.25, 0.3) is 9.05 Å². The lowest BCUT2D eigenvalue weighted by Crippen LogP contribution is -2.00. The fourth-order valence-corrected chi connectivity index (χ4v) is 2.05. The molecule has 0 aliphatic carbocycles. The van der Waals surface area contributed by atoms with Gasteiger partial charge in [-0.25, -0.2) is 17.2 Å². The second kappa shape index (κ2) is 3.70. The number of ether oxygens (including phenoxy) is 1. The van der Waals surface area contributed by atoms with Crippen molar-refractivity contribution in [1.82, 2.24) is 0 Å². The Labute approximate surface area is 83.7 Å². The molecule has 78 valence electrons. The van der Waals surface area contributed by atoms with Crippen LogP contribution in [0.2, 0.25) is 0 Å². The summed E-state index contributed by atoms with van der Waals surface area (Å²) >= 11 is 0. The third kappa shape index (κ3) is 2.13. The van der Waals surface area contributed by atoms with Gasteiger partial charge in [-0.1, -0.05) is 0 Å². The van der Waals surface area contributed by atoms with E-state index in [9.17, 15) is 17.2 Å². The van der Waals surface area contributed by atoms with Crippen LogP contribution in [0.15, 0.2) is 17.0 Å². The zero-order valence-corrected chi connectivity index (χ0v) is 8.49. The predicted molar refractivity (Wildman–Crippen MR) is 45.9 cm³/mol. The highest BCUT2D eigenvalue weighted by Crippen LogP contribution is 2.30. The monoisotopic (exact) mass is 242 g/mol. The maximum Gasteiger partial charge on any atom is 0.267 e. The summed E-state index contributed by atoms with van der Waals surface area (Å²) in [6.45, 7) is 0. The molecule has 1 aromatic rings. The Morgan fingerprint density at radius 2 is 1.93 bits per heavy atom. The van der Waals surface area contributed by atoms with Gasteiger partial charge in [0.15, 0.2) is 4.90 Å². The van der Waals surface area contributed by atoms with E-state index in [0.717, 1.165) is 13.2 Å². The summed E-state index contributed by atoms with van der Waals surface area (Å²) in [5.74, 6) is -2.68. The highest BCUT2D eigenvalue weighted by atomic mass is 35.7. The molecule has 14 heavy (non-hydrogen) atoms. The predicted octanol–water partition coefficient (Wildman–Crippen LogP) is 1.90. The molecular formula is C7H5ClF2O3S. The Balaban J connectivity index is 3.57. The average Bonchev–Trinajstić information content (AvgIpc) is 1.99. The van der Waals surface area contributed by atoms with Crippen molar-refractivity contribution in [3.63, 3.8) is 0 Å². The first kappa shape index (κ1) is 11.2. The first-order chi connectivity index (χ1) is 6.36. The summed E-state index contributed by atoms with van der Waals surface area (Å²) in [5, 5.41) is 0. The molecule has 0 aromatic heterocycles. The van der Waals surface area contributed by atoms with E-state index in [2.05, 4.69) is 4.74 Å². The van der Waals surface area contributed by atoms with Crippen molar-refractivity contribution in [3.8, 4) is 5.75 Å². The van der Waals surface area contributed by atoms with Crippen LogP contribution in [0, 0.1) is 11.6 Å². The summed E-state index contributed by atoms with van der Waals surface area (Å²) < 4.78 is 51.9.